The molecule has 0 radical (unpaired) electrons. The molecule has 0 atom stereocenters. The Labute approximate surface area is 166 Å². The van der Waals surface area contributed by atoms with Gasteiger partial charge in [-0.05, 0) is 60.0 Å². The van der Waals surface area contributed by atoms with Crippen molar-refractivity contribution in [2.75, 3.05) is 0 Å². The second kappa shape index (κ2) is 7.74. The number of aromatic nitrogens is 2. The van der Waals surface area contributed by atoms with E-state index in [1.54, 1.807) is 41.7 Å². The summed E-state index contributed by atoms with van der Waals surface area (Å²) in [6.07, 6.45) is 5.33. The van der Waals surface area contributed by atoms with Gasteiger partial charge in [-0.25, -0.2) is 4.68 Å². The Kier molecular flexibility index (Phi) is 5.01. The van der Waals surface area contributed by atoms with Crippen LogP contribution in [0.3, 0.4) is 0 Å². The fourth-order valence-electron chi connectivity index (χ4n) is 2.70. The van der Waals surface area contributed by atoms with E-state index in [4.69, 9.17) is 16.7 Å². The molecule has 0 aliphatic carbocycles. The molecule has 27 heavy (non-hydrogen) atoms. The van der Waals surface area contributed by atoms with E-state index >= 15 is 0 Å². The predicted molar refractivity (Wildman–Crippen MR) is 112 cm³/mol. The summed E-state index contributed by atoms with van der Waals surface area (Å²) in [4.78, 5) is 13.5. The molecule has 2 aromatic heterocycles. The van der Waals surface area contributed by atoms with Crippen molar-refractivity contribution in [2.24, 2.45) is 0 Å². The first-order valence-electron chi connectivity index (χ1n) is 8.38. The van der Waals surface area contributed by atoms with Gasteiger partial charge in [0, 0.05) is 22.3 Å². The summed E-state index contributed by atoms with van der Waals surface area (Å²) in [6.45, 7) is 0. The van der Waals surface area contributed by atoms with Crippen LogP contribution in [0.5, 0.6) is 0 Å². The minimum atomic E-state index is -0.0729. The number of thiophene rings is 1. The van der Waals surface area contributed by atoms with Gasteiger partial charge in [0.2, 0.25) is 0 Å². The van der Waals surface area contributed by atoms with Gasteiger partial charge in [-0.3, -0.25) is 4.79 Å². The van der Waals surface area contributed by atoms with Crippen LogP contribution < -0.4 is 0 Å². The molecule has 5 heteroatoms. The summed E-state index contributed by atoms with van der Waals surface area (Å²) in [7, 11) is 0. The molecule has 0 N–H and O–H groups in total. The van der Waals surface area contributed by atoms with E-state index in [0.717, 1.165) is 21.8 Å². The molecule has 0 saturated carbocycles. The van der Waals surface area contributed by atoms with Gasteiger partial charge < -0.3 is 0 Å². The first-order valence-corrected chi connectivity index (χ1v) is 9.63. The predicted octanol–water partition coefficient (Wildman–Crippen LogP) is 6.15. The van der Waals surface area contributed by atoms with Gasteiger partial charge in [0.05, 0.1) is 10.6 Å². The third-order valence-electron chi connectivity index (χ3n) is 4.06. The van der Waals surface area contributed by atoms with E-state index in [1.807, 2.05) is 64.8 Å². The van der Waals surface area contributed by atoms with E-state index in [9.17, 15) is 4.79 Å². The monoisotopic (exact) mass is 390 g/mol. The molecule has 3 nitrogen and oxygen atoms in total. The number of benzene rings is 2. The number of rotatable bonds is 5. The zero-order valence-electron chi connectivity index (χ0n) is 14.2. The van der Waals surface area contributed by atoms with Gasteiger partial charge in [0.1, 0.15) is 5.69 Å². The minimum Gasteiger partial charge on any atom is -0.289 e. The van der Waals surface area contributed by atoms with Crippen LogP contribution in [0.2, 0.25) is 5.02 Å². The standard InChI is InChI=1S/C22H15ClN2OS/c23-18-11-8-16(9-12-18)20(26)13-10-17-15-25(19-5-2-1-3-6-19)24-22(17)21-7-4-14-27-21/h1-15H. The molecule has 0 bridgehead atoms. The smallest absolute Gasteiger partial charge is 0.185 e. The maximum absolute atomic E-state index is 12.4. The van der Waals surface area contributed by atoms with Crippen LogP contribution in [0.1, 0.15) is 15.9 Å². The summed E-state index contributed by atoms with van der Waals surface area (Å²) in [5, 5.41) is 7.36. The van der Waals surface area contributed by atoms with Crippen molar-refractivity contribution in [1.82, 2.24) is 9.78 Å². The molecule has 132 valence electrons. The third kappa shape index (κ3) is 3.92. The van der Waals surface area contributed by atoms with E-state index in [2.05, 4.69) is 0 Å². The Morgan fingerprint density at radius 2 is 1.78 bits per heavy atom. The van der Waals surface area contributed by atoms with Crippen molar-refractivity contribution in [3.8, 4) is 16.3 Å². The molecule has 0 amide bonds. The fraction of sp³-hybridized carbons (Fsp3) is 0. The molecule has 0 fully saturated rings. The molecule has 0 aliphatic rings. The number of halogens is 1. The largest absolute Gasteiger partial charge is 0.289 e. The lowest BCUT2D eigenvalue weighted by Gasteiger charge is -1.99. The average molecular weight is 391 g/mol. The summed E-state index contributed by atoms with van der Waals surface area (Å²) in [6, 6.07) is 20.8. The molecule has 0 saturated heterocycles. The van der Waals surface area contributed by atoms with Gasteiger partial charge in [0.15, 0.2) is 5.78 Å². The molecular weight excluding hydrogens is 376 g/mol. The molecule has 2 aromatic carbocycles. The Hall–Kier alpha value is -2.95. The number of nitrogens with zero attached hydrogens (tertiary/aromatic N) is 2. The van der Waals surface area contributed by atoms with Crippen LogP contribution in [0.15, 0.2) is 84.4 Å². The van der Waals surface area contributed by atoms with Crippen molar-refractivity contribution in [3.05, 3.63) is 101 Å². The lowest BCUT2D eigenvalue weighted by atomic mass is 10.1. The van der Waals surface area contributed by atoms with Crippen molar-refractivity contribution in [3.63, 3.8) is 0 Å². The first kappa shape index (κ1) is 17.5. The number of ketones is 1. The van der Waals surface area contributed by atoms with Crippen molar-refractivity contribution in [2.45, 2.75) is 0 Å². The molecule has 2 heterocycles. The van der Waals surface area contributed by atoms with E-state index in [0.29, 0.717) is 10.6 Å². The number of para-hydroxylation sites is 1. The molecule has 0 unspecified atom stereocenters. The van der Waals surface area contributed by atoms with E-state index < -0.39 is 0 Å². The summed E-state index contributed by atoms with van der Waals surface area (Å²) in [5.74, 6) is -0.0729. The van der Waals surface area contributed by atoms with Crippen LogP contribution in [-0.4, -0.2) is 15.6 Å². The summed E-state index contributed by atoms with van der Waals surface area (Å²) >= 11 is 7.51. The Morgan fingerprint density at radius 3 is 2.48 bits per heavy atom. The highest BCUT2D eigenvalue weighted by atomic mass is 35.5. The van der Waals surface area contributed by atoms with Crippen LogP contribution in [0.25, 0.3) is 22.3 Å². The van der Waals surface area contributed by atoms with Crippen LogP contribution in [-0.2, 0) is 0 Å². The zero-order valence-corrected chi connectivity index (χ0v) is 15.8. The highest BCUT2D eigenvalue weighted by Gasteiger charge is 2.12. The fourth-order valence-corrected chi connectivity index (χ4v) is 3.56. The Balaban J connectivity index is 1.69. The van der Waals surface area contributed by atoms with Gasteiger partial charge in [-0.15, -0.1) is 11.3 Å². The highest BCUT2D eigenvalue weighted by molar-refractivity contribution is 7.13. The maximum Gasteiger partial charge on any atom is 0.185 e. The topological polar surface area (TPSA) is 34.9 Å². The Morgan fingerprint density at radius 1 is 1.00 bits per heavy atom. The third-order valence-corrected chi connectivity index (χ3v) is 5.19. The molecule has 0 aliphatic heterocycles. The SMILES string of the molecule is O=C(C=Cc1cn(-c2ccccc2)nc1-c1cccs1)c1ccc(Cl)cc1. The summed E-state index contributed by atoms with van der Waals surface area (Å²) in [5.41, 5.74) is 3.32. The molecule has 4 aromatic rings. The lowest BCUT2D eigenvalue weighted by molar-refractivity contribution is 0.104. The molecule has 4 rings (SSSR count). The van der Waals surface area contributed by atoms with Crippen molar-refractivity contribution < 1.29 is 4.79 Å². The summed E-state index contributed by atoms with van der Waals surface area (Å²) < 4.78 is 1.83. The van der Waals surface area contributed by atoms with Crippen LogP contribution >= 0.6 is 22.9 Å². The van der Waals surface area contributed by atoms with Crippen LogP contribution in [0.4, 0.5) is 0 Å². The zero-order chi connectivity index (χ0) is 18.6. The number of hydrogen-bond acceptors (Lipinski definition) is 3. The van der Waals surface area contributed by atoms with Crippen LogP contribution in [0, 0.1) is 0 Å². The second-order valence-electron chi connectivity index (χ2n) is 5.89. The van der Waals surface area contributed by atoms with Gasteiger partial charge in [-0.2, -0.15) is 5.10 Å². The highest BCUT2D eigenvalue weighted by Crippen LogP contribution is 2.28. The van der Waals surface area contributed by atoms with Gasteiger partial charge in [0.25, 0.3) is 0 Å². The van der Waals surface area contributed by atoms with Crippen molar-refractivity contribution in [1.29, 1.82) is 0 Å². The second-order valence-corrected chi connectivity index (χ2v) is 7.28. The first-order chi connectivity index (χ1) is 13.2. The number of carbonyl (C=O) groups is 1. The minimum absolute atomic E-state index is 0.0729. The van der Waals surface area contributed by atoms with E-state index in [-0.39, 0.29) is 5.78 Å². The van der Waals surface area contributed by atoms with Gasteiger partial charge in [-0.1, -0.05) is 35.9 Å². The Bertz CT molecular complexity index is 1080. The molecule has 0 spiro atoms. The number of allylic oxidation sites excluding steroid dienone is 1. The number of hydrogen-bond donors (Lipinski definition) is 0. The lowest BCUT2D eigenvalue weighted by Crippen LogP contribution is -1.93. The maximum atomic E-state index is 12.4. The van der Waals surface area contributed by atoms with Gasteiger partial charge >= 0.3 is 0 Å². The quantitative estimate of drug-likeness (QED) is 0.302. The number of carbonyl (C=O) groups excluding carboxylic acids is 1. The van der Waals surface area contributed by atoms with E-state index in [1.165, 1.54) is 0 Å². The normalized spacial score (nSPS) is 11.1. The molecular formula is C22H15ClN2OS. The van der Waals surface area contributed by atoms with Crippen molar-refractivity contribution >= 4 is 34.8 Å². The average Bonchev–Trinajstić information content (AvgIpc) is 3.37.